The van der Waals surface area contributed by atoms with Crippen LogP contribution in [0.3, 0.4) is 0 Å². The highest BCUT2D eigenvalue weighted by atomic mass is 35.5. The van der Waals surface area contributed by atoms with Crippen LogP contribution in [0.5, 0.6) is 0 Å². The first kappa shape index (κ1) is 19.2. The van der Waals surface area contributed by atoms with Gasteiger partial charge in [0.1, 0.15) is 11.3 Å². The summed E-state index contributed by atoms with van der Waals surface area (Å²) in [6.45, 7) is 0.359. The van der Waals surface area contributed by atoms with Crippen molar-refractivity contribution in [2.45, 2.75) is 12.7 Å². The third kappa shape index (κ3) is 3.61. The van der Waals surface area contributed by atoms with Crippen molar-refractivity contribution in [2.24, 2.45) is 12.9 Å². The maximum absolute atomic E-state index is 12.9. The van der Waals surface area contributed by atoms with Gasteiger partial charge >= 0.3 is 6.18 Å². The molecule has 0 atom stereocenters. The number of benzene rings is 1. The van der Waals surface area contributed by atoms with Gasteiger partial charge in [0.25, 0.3) is 0 Å². The van der Waals surface area contributed by atoms with E-state index >= 15 is 0 Å². The number of hydrogen-bond donors (Lipinski definition) is 2. The van der Waals surface area contributed by atoms with E-state index in [1.54, 1.807) is 28.8 Å². The van der Waals surface area contributed by atoms with E-state index in [0.29, 0.717) is 29.2 Å². The van der Waals surface area contributed by atoms with Crippen LogP contribution in [0.4, 0.5) is 19.1 Å². The number of nitrogens with two attached hydrogens (primary N) is 1. The van der Waals surface area contributed by atoms with E-state index in [0.717, 1.165) is 11.8 Å². The number of aryl methyl sites for hydroxylation is 1. The summed E-state index contributed by atoms with van der Waals surface area (Å²) in [7, 11) is 1.52. The number of nitrogens with zero attached hydrogens (tertiary/aromatic N) is 6. The Bertz CT molecular complexity index is 1180. The van der Waals surface area contributed by atoms with Crippen molar-refractivity contribution in [3.05, 3.63) is 53.2 Å². The van der Waals surface area contributed by atoms with Crippen LogP contribution in [0.25, 0.3) is 22.6 Å². The number of fused-ring (bicyclic) bond motifs is 1. The van der Waals surface area contributed by atoms with Crippen molar-refractivity contribution in [1.29, 1.82) is 0 Å². The van der Waals surface area contributed by atoms with Gasteiger partial charge in [0.2, 0.25) is 11.2 Å². The number of hydrazine groups is 1. The first-order chi connectivity index (χ1) is 13.8. The largest absolute Gasteiger partial charge is 0.434 e. The van der Waals surface area contributed by atoms with Crippen LogP contribution in [0.2, 0.25) is 5.28 Å². The highest BCUT2D eigenvalue weighted by Crippen LogP contribution is 2.30. The molecule has 29 heavy (non-hydrogen) atoms. The van der Waals surface area contributed by atoms with E-state index in [1.165, 1.54) is 17.8 Å². The summed E-state index contributed by atoms with van der Waals surface area (Å²) in [5.74, 6) is 6.14. The Kier molecular flexibility index (Phi) is 4.63. The number of aromatic nitrogens is 6. The maximum Gasteiger partial charge on any atom is 0.434 e. The van der Waals surface area contributed by atoms with E-state index in [2.05, 4.69) is 25.4 Å². The predicted octanol–water partition coefficient (Wildman–Crippen LogP) is 3.23. The molecule has 4 aromatic rings. The summed E-state index contributed by atoms with van der Waals surface area (Å²) in [4.78, 5) is 16.1. The van der Waals surface area contributed by atoms with Gasteiger partial charge in [0.15, 0.2) is 11.3 Å². The third-order valence-electron chi connectivity index (χ3n) is 4.31. The lowest BCUT2D eigenvalue weighted by Crippen LogP contribution is -2.14. The molecule has 0 saturated carbocycles. The average Bonchev–Trinajstić information content (AvgIpc) is 3.23. The van der Waals surface area contributed by atoms with Crippen LogP contribution in [-0.2, 0) is 19.8 Å². The Morgan fingerprint density at radius 2 is 1.86 bits per heavy atom. The molecule has 3 N–H and O–H groups in total. The van der Waals surface area contributed by atoms with Gasteiger partial charge in [-0.15, -0.1) is 0 Å². The van der Waals surface area contributed by atoms with Crippen LogP contribution < -0.4 is 11.3 Å². The molecule has 0 fully saturated rings. The van der Waals surface area contributed by atoms with E-state index in [1.807, 2.05) is 0 Å². The maximum atomic E-state index is 12.9. The van der Waals surface area contributed by atoms with Crippen molar-refractivity contribution >= 4 is 28.7 Å². The lowest BCUT2D eigenvalue weighted by atomic mass is 10.1. The molecule has 12 heteroatoms. The van der Waals surface area contributed by atoms with E-state index in [-0.39, 0.29) is 11.1 Å². The number of nitrogen functional groups attached to an aromatic ring is 1. The monoisotopic (exact) mass is 422 g/mol. The molecule has 3 aromatic heterocycles. The molecular weight excluding hydrogens is 409 g/mol. The van der Waals surface area contributed by atoms with Gasteiger partial charge in [0, 0.05) is 18.8 Å². The molecule has 150 valence electrons. The Labute approximate surface area is 167 Å². The lowest BCUT2D eigenvalue weighted by molar-refractivity contribution is -0.140. The standard InChI is InChI=1S/C17H14ClF3N8/c1-28-8-12(17(19,20)21)25-13(28)10-4-2-9(3-5-10)7-29-14-11(24-16(29)27-22)6-23-15(18)26-14/h2-6,8H,7,22H2,1H3,(H,24,27). The summed E-state index contributed by atoms with van der Waals surface area (Å²) < 4.78 is 41.7. The highest BCUT2D eigenvalue weighted by Gasteiger charge is 2.34. The van der Waals surface area contributed by atoms with Crippen molar-refractivity contribution < 1.29 is 13.2 Å². The summed E-state index contributed by atoms with van der Waals surface area (Å²) in [6.07, 6.45) is -2.04. The number of halogens is 4. The number of anilines is 1. The minimum absolute atomic E-state index is 0.0767. The zero-order valence-corrected chi connectivity index (χ0v) is 15.7. The van der Waals surface area contributed by atoms with Crippen LogP contribution in [0, 0.1) is 0 Å². The van der Waals surface area contributed by atoms with Crippen LogP contribution in [0.1, 0.15) is 11.3 Å². The van der Waals surface area contributed by atoms with E-state index in [9.17, 15) is 13.2 Å². The fraction of sp³-hybridized carbons (Fsp3) is 0.176. The molecule has 3 heterocycles. The zero-order chi connectivity index (χ0) is 20.8. The van der Waals surface area contributed by atoms with Crippen molar-refractivity contribution in [3.8, 4) is 11.4 Å². The Hall–Kier alpha value is -3.18. The summed E-state index contributed by atoms with van der Waals surface area (Å²) in [6, 6.07) is 6.97. The Balaban J connectivity index is 1.65. The molecule has 0 spiro atoms. The normalized spacial score (nSPS) is 11.9. The SMILES string of the molecule is Cn1cc(C(F)(F)F)nc1-c1ccc(Cn2c(NN)nc3cnc(Cl)nc32)cc1. The second-order valence-corrected chi connectivity index (χ2v) is 6.61. The molecule has 0 aliphatic heterocycles. The molecule has 0 radical (unpaired) electrons. The summed E-state index contributed by atoms with van der Waals surface area (Å²) >= 11 is 5.88. The number of hydrogen-bond acceptors (Lipinski definition) is 6. The van der Waals surface area contributed by atoms with Gasteiger partial charge in [-0.05, 0) is 17.2 Å². The Morgan fingerprint density at radius 3 is 2.48 bits per heavy atom. The number of imidazole rings is 2. The predicted molar refractivity (Wildman–Crippen MR) is 101 cm³/mol. The third-order valence-corrected chi connectivity index (χ3v) is 4.49. The van der Waals surface area contributed by atoms with E-state index in [4.69, 9.17) is 17.4 Å². The second kappa shape index (κ2) is 7.01. The quantitative estimate of drug-likeness (QED) is 0.297. The first-order valence-electron chi connectivity index (χ1n) is 8.31. The molecular formula is C17H14ClF3N8. The molecule has 1 aromatic carbocycles. The van der Waals surface area contributed by atoms with Gasteiger partial charge in [-0.3, -0.25) is 9.99 Å². The molecule has 0 aliphatic rings. The topological polar surface area (TPSA) is 99.5 Å². The number of nitrogens with one attached hydrogen (secondary N) is 1. The molecule has 0 unspecified atom stereocenters. The van der Waals surface area contributed by atoms with Crippen molar-refractivity contribution in [3.63, 3.8) is 0 Å². The molecule has 0 saturated heterocycles. The van der Waals surface area contributed by atoms with E-state index < -0.39 is 11.9 Å². The fourth-order valence-corrected chi connectivity index (χ4v) is 3.10. The van der Waals surface area contributed by atoms with Crippen LogP contribution >= 0.6 is 11.6 Å². The molecule has 0 bridgehead atoms. The number of alkyl halides is 3. The van der Waals surface area contributed by atoms with Gasteiger partial charge in [-0.1, -0.05) is 24.3 Å². The first-order valence-corrected chi connectivity index (χ1v) is 8.69. The van der Waals surface area contributed by atoms with Crippen molar-refractivity contribution in [2.75, 3.05) is 5.43 Å². The van der Waals surface area contributed by atoms with Crippen molar-refractivity contribution in [1.82, 2.24) is 29.1 Å². The zero-order valence-electron chi connectivity index (χ0n) is 14.9. The Morgan fingerprint density at radius 1 is 1.14 bits per heavy atom. The second-order valence-electron chi connectivity index (χ2n) is 6.27. The fourth-order valence-electron chi connectivity index (χ4n) is 2.97. The smallest absolute Gasteiger partial charge is 0.333 e. The summed E-state index contributed by atoms with van der Waals surface area (Å²) in [5.41, 5.74) is 4.01. The summed E-state index contributed by atoms with van der Waals surface area (Å²) in [5, 5.41) is 0.0767. The van der Waals surface area contributed by atoms with Crippen LogP contribution in [-0.4, -0.2) is 29.1 Å². The minimum Gasteiger partial charge on any atom is -0.333 e. The molecule has 0 aliphatic carbocycles. The van der Waals surface area contributed by atoms with Gasteiger partial charge in [-0.25, -0.2) is 20.8 Å². The van der Waals surface area contributed by atoms with Gasteiger partial charge in [-0.2, -0.15) is 18.2 Å². The molecule has 0 amide bonds. The van der Waals surface area contributed by atoms with Gasteiger partial charge in [0.05, 0.1) is 12.7 Å². The highest BCUT2D eigenvalue weighted by molar-refractivity contribution is 6.28. The number of rotatable bonds is 4. The lowest BCUT2D eigenvalue weighted by Gasteiger charge is -2.09. The van der Waals surface area contributed by atoms with Crippen LogP contribution in [0.15, 0.2) is 36.7 Å². The molecule has 4 rings (SSSR count). The van der Waals surface area contributed by atoms with Gasteiger partial charge < -0.3 is 4.57 Å². The minimum atomic E-state index is -4.49. The molecule has 8 nitrogen and oxygen atoms in total. The average molecular weight is 423 g/mol.